The van der Waals surface area contributed by atoms with Crippen molar-refractivity contribution < 1.29 is 16.8 Å². The highest BCUT2D eigenvalue weighted by Crippen LogP contribution is 2.17. The quantitative estimate of drug-likeness (QED) is 0.767. The Morgan fingerprint density at radius 3 is 2.00 bits per heavy atom. The molecule has 0 fully saturated rings. The Morgan fingerprint density at radius 1 is 1.07 bits per heavy atom. The van der Waals surface area contributed by atoms with Gasteiger partial charge < -0.3 is 0 Å². The Bertz CT molecular complexity index is 502. The Morgan fingerprint density at radius 2 is 1.57 bits per heavy atom. The molecule has 78 valence electrons. The molecule has 0 aliphatic rings. The number of primary sulfonamides is 1. The maximum atomic E-state index is 10.9. The predicted octanol–water partition coefficient (Wildman–Crippen LogP) is 0.262. The summed E-state index contributed by atoms with van der Waals surface area (Å²) in [6, 6.07) is 4.50. The Balaban J connectivity index is 3.44. The molecular weight excluding hydrogens is 250 g/mol. The van der Waals surface area contributed by atoms with E-state index in [0.29, 0.717) is 0 Å². The summed E-state index contributed by atoms with van der Waals surface area (Å²) >= 11 is 0. The summed E-state index contributed by atoms with van der Waals surface area (Å²) in [6.07, 6.45) is 0. The Labute approximate surface area is 86.0 Å². The minimum absolute atomic E-state index is 0.292. The number of rotatable bonds is 2. The van der Waals surface area contributed by atoms with E-state index < -0.39 is 19.1 Å². The molecule has 1 rings (SSSR count). The fourth-order valence-electron chi connectivity index (χ4n) is 0.803. The second-order valence-electron chi connectivity index (χ2n) is 2.46. The molecule has 0 aliphatic carbocycles. The lowest BCUT2D eigenvalue weighted by atomic mass is 10.4. The van der Waals surface area contributed by atoms with Crippen LogP contribution in [0.2, 0.25) is 0 Å². The molecule has 0 aromatic heterocycles. The van der Waals surface area contributed by atoms with Crippen LogP contribution in [0.3, 0.4) is 0 Å². The van der Waals surface area contributed by atoms with Gasteiger partial charge in [-0.3, -0.25) is 0 Å². The summed E-state index contributed by atoms with van der Waals surface area (Å²) in [6.45, 7) is 0. The van der Waals surface area contributed by atoms with Crippen LogP contribution in [-0.4, -0.2) is 16.8 Å². The van der Waals surface area contributed by atoms with E-state index in [2.05, 4.69) is 0 Å². The van der Waals surface area contributed by atoms with E-state index in [1.54, 1.807) is 0 Å². The minimum Gasteiger partial charge on any atom is -0.225 e. The van der Waals surface area contributed by atoms with Gasteiger partial charge in [0, 0.05) is 10.7 Å². The van der Waals surface area contributed by atoms with Crippen LogP contribution in [0.5, 0.6) is 0 Å². The van der Waals surface area contributed by atoms with Crippen molar-refractivity contribution in [2.75, 3.05) is 0 Å². The first kappa shape index (κ1) is 11.4. The van der Waals surface area contributed by atoms with Gasteiger partial charge in [-0.05, 0) is 18.2 Å². The van der Waals surface area contributed by atoms with Gasteiger partial charge in [0.05, 0.1) is 9.79 Å². The molecule has 14 heavy (non-hydrogen) atoms. The van der Waals surface area contributed by atoms with E-state index in [1.165, 1.54) is 18.2 Å². The lowest BCUT2D eigenvalue weighted by molar-refractivity contribution is 0.597. The molecule has 0 unspecified atom stereocenters. The zero-order valence-electron chi connectivity index (χ0n) is 6.71. The number of halogens is 1. The highest BCUT2D eigenvalue weighted by molar-refractivity contribution is 8.13. The lowest BCUT2D eigenvalue weighted by Crippen LogP contribution is -2.12. The number of hydrogen-bond acceptors (Lipinski definition) is 4. The Hall–Kier alpha value is -0.630. The topological polar surface area (TPSA) is 94.3 Å². The maximum Gasteiger partial charge on any atom is 0.261 e. The standard InChI is InChI=1S/C6H6ClNO4S2/c7-13(9,10)5-2-1-3-6(4-5)14(8,11)12/h1-4H,(H2,8,11,12). The fraction of sp³-hybridized carbons (Fsp3) is 0. The zero-order valence-corrected chi connectivity index (χ0v) is 9.10. The summed E-state index contributed by atoms with van der Waals surface area (Å²) in [5.74, 6) is 0. The fourth-order valence-corrected chi connectivity index (χ4v) is 2.23. The van der Waals surface area contributed by atoms with Crippen LogP contribution in [0.4, 0.5) is 0 Å². The van der Waals surface area contributed by atoms with Crippen molar-refractivity contribution in [2.24, 2.45) is 5.14 Å². The van der Waals surface area contributed by atoms with Crippen LogP contribution in [0.15, 0.2) is 34.1 Å². The van der Waals surface area contributed by atoms with Gasteiger partial charge in [-0.25, -0.2) is 22.0 Å². The molecule has 0 aliphatic heterocycles. The smallest absolute Gasteiger partial charge is 0.225 e. The molecule has 5 nitrogen and oxygen atoms in total. The first-order valence-corrected chi connectivity index (χ1v) is 7.14. The molecule has 1 aromatic rings. The second-order valence-corrected chi connectivity index (χ2v) is 6.59. The number of sulfonamides is 1. The molecule has 0 amide bonds. The Kier molecular flexibility index (Phi) is 2.86. The number of nitrogens with two attached hydrogens (primary N) is 1. The van der Waals surface area contributed by atoms with Crippen LogP contribution in [-0.2, 0) is 19.1 Å². The maximum absolute atomic E-state index is 10.9. The summed E-state index contributed by atoms with van der Waals surface area (Å²) in [5, 5.41) is 4.80. The highest BCUT2D eigenvalue weighted by atomic mass is 35.7. The van der Waals surface area contributed by atoms with Gasteiger partial charge in [0.1, 0.15) is 0 Å². The summed E-state index contributed by atoms with van der Waals surface area (Å²) in [5.41, 5.74) is 0. The van der Waals surface area contributed by atoms with Gasteiger partial charge in [0.2, 0.25) is 10.0 Å². The van der Waals surface area contributed by atoms with Gasteiger partial charge >= 0.3 is 0 Å². The van der Waals surface area contributed by atoms with Crippen LogP contribution in [0, 0.1) is 0 Å². The number of hydrogen-bond donors (Lipinski definition) is 1. The molecule has 8 heteroatoms. The van der Waals surface area contributed by atoms with Crippen molar-refractivity contribution in [3.8, 4) is 0 Å². The normalized spacial score (nSPS) is 12.7. The molecule has 0 saturated heterocycles. The summed E-state index contributed by atoms with van der Waals surface area (Å²) in [7, 11) is -2.82. The number of benzene rings is 1. The lowest BCUT2D eigenvalue weighted by Gasteiger charge is -1.99. The van der Waals surface area contributed by atoms with Crippen molar-refractivity contribution in [3.05, 3.63) is 24.3 Å². The molecule has 2 N–H and O–H groups in total. The summed E-state index contributed by atoms with van der Waals surface area (Å²) < 4.78 is 43.4. The van der Waals surface area contributed by atoms with Crippen LogP contribution in [0.25, 0.3) is 0 Å². The zero-order chi connectivity index (χ0) is 11.0. The first-order valence-electron chi connectivity index (χ1n) is 3.29. The van der Waals surface area contributed by atoms with Gasteiger partial charge in [-0.1, -0.05) is 6.07 Å². The van der Waals surface area contributed by atoms with E-state index in [1.807, 2.05) is 0 Å². The molecule has 1 aromatic carbocycles. The van der Waals surface area contributed by atoms with Crippen LogP contribution in [0.1, 0.15) is 0 Å². The SMILES string of the molecule is NS(=O)(=O)c1cccc(S(=O)(=O)Cl)c1. The van der Waals surface area contributed by atoms with E-state index >= 15 is 0 Å². The highest BCUT2D eigenvalue weighted by Gasteiger charge is 2.14. The first-order chi connectivity index (χ1) is 6.21. The predicted molar refractivity (Wildman–Crippen MR) is 50.9 cm³/mol. The van der Waals surface area contributed by atoms with Gasteiger partial charge in [0.25, 0.3) is 9.05 Å². The molecule has 0 saturated carbocycles. The third kappa shape index (κ3) is 2.68. The average Bonchev–Trinajstić information content (AvgIpc) is 2.01. The monoisotopic (exact) mass is 255 g/mol. The van der Waals surface area contributed by atoms with E-state index in [0.717, 1.165) is 6.07 Å². The van der Waals surface area contributed by atoms with Gasteiger partial charge in [-0.15, -0.1) is 0 Å². The minimum atomic E-state index is -3.93. The van der Waals surface area contributed by atoms with Gasteiger partial charge in [-0.2, -0.15) is 0 Å². The van der Waals surface area contributed by atoms with Crippen LogP contribution >= 0.6 is 10.7 Å². The van der Waals surface area contributed by atoms with Crippen molar-refractivity contribution in [1.29, 1.82) is 0 Å². The summed E-state index contributed by atoms with van der Waals surface area (Å²) in [4.78, 5) is -0.593. The third-order valence-electron chi connectivity index (χ3n) is 1.42. The molecule has 0 heterocycles. The van der Waals surface area contributed by atoms with E-state index in [4.69, 9.17) is 15.8 Å². The van der Waals surface area contributed by atoms with E-state index in [9.17, 15) is 16.8 Å². The molecule has 0 radical (unpaired) electrons. The van der Waals surface area contributed by atoms with Gasteiger partial charge in [0.15, 0.2) is 0 Å². The molecular formula is C6H6ClNO4S2. The third-order valence-corrected chi connectivity index (χ3v) is 3.68. The van der Waals surface area contributed by atoms with E-state index in [-0.39, 0.29) is 9.79 Å². The molecule has 0 atom stereocenters. The van der Waals surface area contributed by atoms with Crippen molar-refractivity contribution in [3.63, 3.8) is 0 Å². The van der Waals surface area contributed by atoms with Crippen molar-refractivity contribution in [1.82, 2.24) is 0 Å². The second kappa shape index (κ2) is 3.50. The molecule has 0 bridgehead atoms. The van der Waals surface area contributed by atoms with Crippen LogP contribution < -0.4 is 5.14 Å². The molecule has 0 spiro atoms. The average molecular weight is 256 g/mol. The van der Waals surface area contributed by atoms with Crippen molar-refractivity contribution >= 4 is 29.8 Å². The van der Waals surface area contributed by atoms with Crippen molar-refractivity contribution in [2.45, 2.75) is 9.79 Å². The largest absolute Gasteiger partial charge is 0.261 e.